The van der Waals surface area contributed by atoms with Gasteiger partial charge in [0.25, 0.3) is 0 Å². The smallest absolute Gasteiger partial charge is 0.237 e. The van der Waals surface area contributed by atoms with Crippen LogP contribution in [0.5, 0.6) is 0 Å². The van der Waals surface area contributed by atoms with Gasteiger partial charge >= 0.3 is 0 Å². The SMILES string of the molecule is Cc1ccc(CN2CCNC(=O)C2CC(=O)N2CCc3c(Cl)cccc3C2)o1. The third-order valence-electron chi connectivity index (χ3n) is 5.53. The Morgan fingerprint density at radius 1 is 1.29 bits per heavy atom. The largest absolute Gasteiger partial charge is 0.465 e. The van der Waals surface area contributed by atoms with Crippen molar-refractivity contribution in [3.05, 3.63) is 58.0 Å². The normalized spacial score (nSPS) is 20.0. The molecule has 6 nitrogen and oxygen atoms in total. The molecule has 1 unspecified atom stereocenters. The fraction of sp³-hybridized carbons (Fsp3) is 0.429. The monoisotopic (exact) mass is 401 g/mol. The molecule has 1 aromatic heterocycles. The standard InChI is InChI=1S/C21H24ClN3O3/c1-14-5-6-16(28-14)13-24-10-8-23-21(27)19(24)11-20(26)25-9-7-17-15(12-25)3-2-4-18(17)22/h2-6,19H,7-13H2,1H3,(H,23,27). The van der Waals surface area contributed by atoms with Crippen molar-refractivity contribution in [2.75, 3.05) is 19.6 Å². The Balaban J connectivity index is 1.45. The minimum absolute atomic E-state index is 0.00620. The Morgan fingerprint density at radius 3 is 2.93 bits per heavy atom. The van der Waals surface area contributed by atoms with Crippen LogP contribution in [0.2, 0.25) is 5.02 Å². The van der Waals surface area contributed by atoms with Gasteiger partial charge in [0.15, 0.2) is 0 Å². The first kappa shape index (κ1) is 19.0. The number of carbonyl (C=O) groups excluding carboxylic acids is 2. The summed E-state index contributed by atoms with van der Waals surface area (Å²) in [6, 6.07) is 9.17. The van der Waals surface area contributed by atoms with Gasteiger partial charge in [-0.3, -0.25) is 14.5 Å². The molecular weight excluding hydrogens is 378 g/mol. The Bertz CT molecular complexity index is 895. The highest BCUT2D eigenvalue weighted by atomic mass is 35.5. The molecule has 2 aliphatic rings. The van der Waals surface area contributed by atoms with E-state index in [-0.39, 0.29) is 18.2 Å². The zero-order chi connectivity index (χ0) is 19.7. The molecule has 0 saturated carbocycles. The van der Waals surface area contributed by atoms with Gasteiger partial charge in [-0.1, -0.05) is 23.7 Å². The molecule has 3 heterocycles. The number of carbonyl (C=O) groups is 2. The maximum Gasteiger partial charge on any atom is 0.237 e. The van der Waals surface area contributed by atoms with Crippen molar-refractivity contribution < 1.29 is 14.0 Å². The number of aryl methyl sites for hydroxylation is 1. The third kappa shape index (κ3) is 3.93. The van der Waals surface area contributed by atoms with E-state index in [1.807, 2.05) is 47.1 Å². The molecule has 0 aliphatic carbocycles. The first-order valence-corrected chi connectivity index (χ1v) is 10.00. The van der Waals surface area contributed by atoms with Gasteiger partial charge < -0.3 is 14.6 Å². The molecule has 0 spiro atoms. The van der Waals surface area contributed by atoms with Gasteiger partial charge in [-0.2, -0.15) is 0 Å². The molecule has 0 radical (unpaired) electrons. The maximum absolute atomic E-state index is 13.0. The lowest BCUT2D eigenvalue weighted by Crippen LogP contribution is -2.56. The molecule has 2 aromatic rings. The number of piperazine rings is 1. The molecule has 2 aliphatic heterocycles. The van der Waals surface area contributed by atoms with E-state index < -0.39 is 6.04 Å². The van der Waals surface area contributed by atoms with E-state index in [9.17, 15) is 9.59 Å². The summed E-state index contributed by atoms with van der Waals surface area (Å²) in [6.07, 6.45) is 0.911. The average molecular weight is 402 g/mol. The van der Waals surface area contributed by atoms with Crippen LogP contribution in [0.3, 0.4) is 0 Å². The van der Waals surface area contributed by atoms with Gasteiger partial charge in [0, 0.05) is 31.2 Å². The van der Waals surface area contributed by atoms with Crippen molar-refractivity contribution in [2.24, 2.45) is 0 Å². The van der Waals surface area contributed by atoms with Gasteiger partial charge in [0.2, 0.25) is 11.8 Å². The molecule has 4 rings (SSSR count). The van der Waals surface area contributed by atoms with Crippen molar-refractivity contribution in [3.63, 3.8) is 0 Å². The van der Waals surface area contributed by atoms with E-state index in [1.54, 1.807) is 0 Å². The van der Waals surface area contributed by atoms with Crippen LogP contribution in [-0.4, -0.2) is 47.3 Å². The van der Waals surface area contributed by atoms with Crippen LogP contribution in [0, 0.1) is 6.92 Å². The fourth-order valence-electron chi connectivity index (χ4n) is 4.01. The molecule has 148 valence electrons. The van der Waals surface area contributed by atoms with Gasteiger partial charge in [-0.05, 0) is 42.7 Å². The molecule has 1 aromatic carbocycles. The Hall–Kier alpha value is -2.31. The van der Waals surface area contributed by atoms with Crippen molar-refractivity contribution in [1.82, 2.24) is 15.1 Å². The highest BCUT2D eigenvalue weighted by molar-refractivity contribution is 6.31. The lowest BCUT2D eigenvalue weighted by molar-refractivity contribution is -0.139. The van der Waals surface area contributed by atoms with Crippen molar-refractivity contribution in [1.29, 1.82) is 0 Å². The predicted octanol–water partition coefficient (Wildman–Crippen LogP) is 2.52. The summed E-state index contributed by atoms with van der Waals surface area (Å²) >= 11 is 6.27. The third-order valence-corrected chi connectivity index (χ3v) is 5.88. The minimum Gasteiger partial charge on any atom is -0.465 e. The Kier molecular flexibility index (Phi) is 5.42. The highest BCUT2D eigenvalue weighted by Gasteiger charge is 2.34. The molecule has 1 N–H and O–H groups in total. The van der Waals surface area contributed by atoms with E-state index in [0.29, 0.717) is 32.7 Å². The second-order valence-corrected chi connectivity index (χ2v) is 7.84. The Morgan fingerprint density at radius 2 is 2.14 bits per heavy atom. The van der Waals surface area contributed by atoms with Gasteiger partial charge in [-0.15, -0.1) is 0 Å². The summed E-state index contributed by atoms with van der Waals surface area (Å²) in [5, 5.41) is 3.65. The van der Waals surface area contributed by atoms with E-state index >= 15 is 0 Å². The number of halogens is 1. The number of nitrogens with one attached hydrogen (secondary N) is 1. The topological polar surface area (TPSA) is 65.8 Å². The van der Waals surface area contributed by atoms with Crippen LogP contribution in [0.4, 0.5) is 0 Å². The molecule has 7 heteroatoms. The summed E-state index contributed by atoms with van der Waals surface area (Å²) in [7, 11) is 0. The zero-order valence-electron chi connectivity index (χ0n) is 15.9. The Labute approximate surface area is 169 Å². The summed E-state index contributed by atoms with van der Waals surface area (Å²) in [5.41, 5.74) is 2.21. The lowest BCUT2D eigenvalue weighted by atomic mass is 9.98. The second-order valence-electron chi connectivity index (χ2n) is 7.44. The molecule has 2 amide bonds. The van der Waals surface area contributed by atoms with E-state index in [2.05, 4.69) is 5.32 Å². The molecule has 1 saturated heterocycles. The number of amides is 2. The van der Waals surface area contributed by atoms with Crippen LogP contribution in [0.1, 0.15) is 29.1 Å². The zero-order valence-corrected chi connectivity index (χ0v) is 16.7. The van der Waals surface area contributed by atoms with Gasteiger partial charge in [0.1, 0.15) is 11.5 Å². The van der Waals surface area contributed by atoms with E-state index in [1.165, 1.54) is 0 Å². The molecule has 0 bridgehead atoms. The molecule has 28 heavy (non-hydrogen) atoms. The number of benzene rings is 1. The number of hydrogen-bond donors (Lipinski definition) is 1. The van der Waals surface area contributed by atoms with Crippen molar-refractivity contribution >= 4 is 23.4 Å². The lowest BCUT2D eigenvalue weighted by Gasteiger charge is -2.36. The van der Waals surface area contributed by atoms with Crippen LogP contribution in [-0.2, 0) is 29.1 Å². The number of hydrogen-bond acceptors (Lipinski definition) is 4. The van der Waals surface area contributed by atoms with Crippen LogP contribution < -0.4 is 5.32 Å². The molecule has 1 atom stereocenters. The number of furan rings is 1. The summed E-state index contributed by atoms with van der Waals surface area (Å²) in [5.74, 6) is 1.55. The minimum atomic E-state index is -0.479. The summed E-state index contributed by atoms with van der Waals surface area (Å²) < 4.78 is 5.66. The predicted molar refractivity (Wildman–Crippen MR) is 106 cm³/mol. The highest BCUT2D eigenvalue weighted by Crippen LogP contribution is 2.27. The van der Waals surface area contributed by atoms with Gasteiger partial charge in [0.05, 0.1) is 19.0 Å². The molecular formula is C21H24ClN3O3. The number of rotatable bonds is 4. The average Bonchev–Trinajstić information content (AvgIpc) is 3.09. The first-order chi connectivity index (χ1) is 13.5. The van der Waals surface area contributed by atoms with Crippen LogP contribution >= 0.6 is 11.6 Å². The van der Waals surface area contributed by atoms with Crippen molar-refractivity contribution in [2.45, 2.75) is 38.9 Å². The summed E-state index contributed by atoms with van der Waals surface area (Å²) in [6.45, 7) is 4.87. The number of fused-ring (bicyclic) bond motifs is 1. The maximum atomic E-state index is 13.0. The first-order valence-electron chi connectivity index (χ1n) is 9.62. The summed E-state index contributed by atoms with van der Waals surface area (Å²) in [4.78, 5) is 29.3. The molecule has 1 fully saturated rings. The van der Waals surface area contributed by atoms with Crippen LogP contribution in [0.15, 0.2) is 34.7 Å². The van der Waals surface area contributed by atoms with Gasteiger partial charge in [-0.25, -0.2) is 0 Å². The second kappa shape index (κ2) is 7.97. The quantitative estimate of drug-likeness (QED) is 0.854. The van der Waals surface area contributed by atoms with E-state index in [4.69, 9.17) is 16.0 Å². The number of nitrogens with zero attached hydrogens (tertiary/aromatic N) is 2. The fourth-order valence-corrected chi connectivity index (χ4v) is 4.30. The van der Waals surface area contributed by atoms with E-state index in [0.717, 1.165) is 34.1 Å². The van der Waals surface area contributed by atoms with Crippen LogP contribution in [0.25, 0.3) is 0 Å². The van der Waals surface area contributed by atoms with Crippen molar-refractivity contribution in [3.8, 4) is 0 Å².